The largest absolute Gasteiger partial charge is 0.469 e. The van der Waals surface area contributed by atoms with E-state index in [1.165, 1.54) is 20.0 Å². The van der Waals surface area contributed by atoms with Crippen LogP contribution in [0.2, 0.25) is 0 Å². The summed E-state index contributed by atoms with van der Waals surface area (Å²) in [5.41, 5.74) is 0. The Hall–Kier alpha value is -1.14. The summed E-state index contributed by atoms with van der Waals surface area (Å²) >= 11 is 0. The summed E-state index contributed by atoms with van der Waals surface area (Å²) in [6.07, 6.45) is 3.68. The molecule has 1 amide bonds. The van der Waals surface area contributed by atoms with Crippen LogP contribution >= 0.6 is 0 Å². The average molecular weight is 284 g/mol. The Morgan fingerprint density at radius 2 is 2.15 bits per heavy atom. The van der Waals surface area contributed by atoms with Crippen molar-refractivity contribution in [3.63, 3.8) is 0 Å². The van der Waals surface area contributed by atoms with Crippen molar-refractivity contribution in [1.29, 1.82) is 0 Å². The first-order valence-electron chi connectivity index (χ1n) is 7.34. The summed E-state index contributed by atoms with van der Waals surface area (Å²) in [7, 11) is 1.35. The van der Waals surface area contributed by atoms with Gasteiger partial charge in [-0.25, -0.2) is 0 Å². The van der Waals surface area contributed by atoms with Crippen LogP contribution in [0.15, 0.2) is 0 Å². The number of hydrogen-bond acceptors (Lipinski definition) is 5. The van der Waals surface area contributed by atoms with Gasteiger partial charge in [0.15, 0.2) is 0 Å². The summed E-state index contributed by atoms with van der Waals surface area (Å²) in [5, 5.41) is 2.77. The van der Waals surface area contributed by atoms with Crippen molar-refractivity contribution >= 4 is 11.9 Å². The SMILES string of the molecule is COC(=O)CCNC(=O)CN(CC1CCOC1)C1CC1. The van der Waals surface area contributed by atoms with E-state index in [2.05, 4.69) is 15.0 Å². The van der Waals surface area contributed by atoms with Gasteiger partial charge in [0.2, 0.25) is 5.91 Å². The lowest BCUT2D eigenvalue weighted by molar-refractivity contribution is -0.140. The van der Waals surface area contributed by atoms with Gasteiger partial charge in [0.1, 0.15) is 0 Å². The molecule has 2 fully saturated rings. The molecule has 114 valence electrons. The number of hydrogen-bond donors (Lipinski definition) is 1. The van der Waals surface area contributed by atoms with Crippen molar-refractivity contribution in [3.05, 3.63) is 0 Å². The molecule has 1 heterocycles. The number of esters is 1. The smallest absolute Gasteiger partial charge is 0.307 e. The third-order valence-corrected chi connectivity index (χ3v) is 3.81. The van der Waals surface area contributed by atoms with Crippen LogP contribution in [-0.2, 0) is 19.1 Å². The van der Waals surface area contributed by atoms with Gasteiger partial charge < -0.3 is 14.8 Å². The van der Waals surface area contributed by atoms with Gasteiger partial charge in [0.25, 0.3) is 0 Å². The van der Waals surface area contributed by atoms with E-state index in [1.807, 2.05) is 0 Å². The Kier molecular flexibility index (Phi) is 5.79. The second kappa shape index (κ2) is 7.59. The molecule has 1 aliphatic carbocycles. The van der Waals surface area contributed by atoms with Crippen LogP contribution in [0.4, 0.5) is 0 Å². The number of amides is 1. The van der Waals surface area contributed by atoms with Gasteiger partial charge in [-0.15, -0.1) is 0 Å². The molecule has 0 bridgehead atoms. The molecule has 1 aliphatic heterocycles. The maximum Gasteiger partial charge on any atom is 0.307 e. The van der Waals surface area contributed by atoms with Crippen LogP contribution in [0.3, 0.4) is 0 Å². The Labute approximate surface area is 119 Å². The van der Waals surface area contributed by atoms with E-state index < -0.39 is 0 Å². The molecule has 20 heavy (non-hydrogen) atoms. The molecule has 0 aromatic heterocycles. The zero-order valence-electron chi connectivity index (χ0n) is 12.1. The van der Waals surface area contributed by atoms with Gasteiger partial charge in [-0.3, -0.25) is 14.5 Å². The second-order valence-corrected chi connectivity index (χ2v) is 5.57. The average Bonchev–Trinajstić information content (AvgIpc) is 3.16. The highest BCUT2D eigenvalue weighted by Crippen LogP contribution is 2.28. The van der Waals surface area contributed by atoms with E-state index in [0.717, 1.165) is 26.2 Å². The predicted molar refractivity (Wildman–Crippen MR) is 73.2 cm³/mol. The molecule has 0 aromatic carbocycles. The van der Waals surface area contributed by atoms with Crippen LogP contribution in [0.1, 0.15) is 25.7 Å². The van der Waals surface area contributed by atoms with Crippen molar-refractivity contribution in [1.82, 2.24) is 10.2 Å². The topological polar surface area (TPSA) is 67.9 Å². The lowest BCUT2D eigenvalue weighted by Gasteiger charge is -2.24. The molecule has 0 spiro atoms. The van der Waals surface area contributed by atoms with Gasteiger partial charge >= 0.3 is 5.97 Å². The number of nitrogens with zero attached hydrogens (tertiary/aromatic N) is 1. The molecule has 2 rings (SSSR count). The second-order valence-electron chi connectivity index (χ2n) is 5.57. The van der Waals surface area contributed by atoms with Crippen molar-refractivity contribution in [2.24, 2.45) is 5.92 Å². The molecule has 6 nitrogen and oxygen atoms in total. The Bertz CT molecular complexity index is 338. The van der Waals surface area contributed by atoms with Gasteiger partial charge in [-0.05, 0) is 25.2 Å². The maximum atomic E-state index is 11.9. The van der Waals surface area contributed by atoms with Crippen LogP contribution < -0.4 is 5.32 Å². The van der Waals surface area contributed by atoms with Crippen LogP contribution in [-0.4, -0.2) is 62.8 Å². The molecular formula is C14H24N2O4. The number of ether oxygens (including phenoxy) is 2. The van der Waals surface area contributed by atoms with Crippen molar-refractivity contribution < 1.29 is 19.1 Å². The molecule has 1 atom stereocenters. The van der Waals surface area contributed by atoms with Crippen molar-refractivity contribution in [3.8, 4) is 0 Å². The highest BCUT2D eigenvalue weighted by atomic mass is 16.5. The molecule has 2 aliphatic rings. The van der Waals surface area contributed by atoms with Crippen molar-refractivity contribution in [2.75, 3.05) is 40.0 Å². The fraction of sp³-hybridized carbons (Fsp3) is 0.857. The van der Waals surface area contributed by atoms with E-state index in [4.69, 9.17) is 4.74 Å². The maximum absolute atomic E-state index is 11.9. The molecule has 0 radical (unpaired) electrons. The summed E-state index contributed by atoms with van der Waals surface area (Å²) < 4.78 is 9.92. The number of nitrogens with one attached hydrogen (secondary N) is 1. The van der Waals surface area contributed by atoms with E-state index in [-0.39, 0.29) is 18.3 Å². The van der Waals surface area contributed by atoms with E-state index in [0.29, 0.717) is 25.0 Å². The summed E-state index contributed by atoms with van der Waals surface area (Å²) in [6, 6.07) is 0.557. The number of carbonyl (C=O) groups excluding carboxylic acids is 2. The third-order valence-electron chi connectivity index (χ3n) is 3.81. The highest BCUT2D eigenvalue weighted by molar-refractivity contribution is 5.79. The first-order valence-corrected chi connectivity index (χ1v) is 7.34. The third kappa shape index (κ3) is 5.09. The highest BCUT2D eigenvalue weighted by Gasteiger charge is 2.32. The first-order chi connectivity index (χ1) is 9.69. The summed E-state index contributed by atoms with van der Waals surface area (Å²) in [6.45, 7) is 3.36. The van der Waals surface area contributed by atoms with Crippen molar-refractivity contribution in [2.45, 2.75) is 31.7 Å². The molecular weight excluding hydrogens is 260 g/mol. The zero-order chi connectivity index (χ0) is 14.4. The number of methoxy groups -OCH3 is 1. The Morgan fingerprint density at radius 1 is 1.35 bits per heavy atom. The molecule has 1 unspecified atom stereocenters. The quantitative estimate of drug-likeness (QED) is 0.643. The number of rotatable bonds is 8. The Morgan fingerprint density at radius 3 is 2.75 bits per heavy atom. The van der Waals surface area contributed by atoms with Gasteiger partial charge in [0.05, 0.1) is 26.7 Å². The molecule has 1 saturated heterocycles. The minimum atomic E-state index is -0.299. The lowest BCUT2D eigenvalue weighted by atomic mass is 10.1. The molecule has 0 aromatic rings. The fourth-order valence-corrected chi connectivity index (χ4v) is 2.49. The first kappa shape index (κ1) is 15.3. The van der Waals surface area contributed by atoms with Crippen LogP contribution in [0.25, 0.3) is 0 Å². The van der Waals surface area contributed by atoms with E-state index in [9.17, 15) is 9.59 Å². The van der Waals surface area contributed by atoms with Gasteiger partial charge in [0, 0.05) is 25.7 Å². The minimum Gasteiger partial charge on any atom is -0.469 e. The molecule has 1 N–H and O–H groups in total. The van der Waals surface area contributed by atoms with Gasteiger partial charge in [-0.1, -0.05) is 0 Å². The fourth-order valence-electron chi connectivity index (χ4n) is 2.49. The van der Waals surface area contributed by atoms with Gasteiger partial charge in [-0.2, -0.15) is 0 Å². The standard InChI is InChI=1S/C14H24N2O4/c1-19-14(18)4-6-15-13(17)9-16(12-2-3-12)8-11-5-7-20-10-11/h11-12H,2-10H2,1H3,(H,15,17). The monoisotopic (exact) mass is 284 g/mol. The summed E-state index contributed by atoms with van der Waals surface area (Å²) in [4.78, 5) is 25.1. The van der Waals surface area contributed by atoms with E-state index in [1.54, 1.807) is 0 Å². The zero-order valence-corrected chi connectivity index (χ0v) is 12.1. The predicted octanol–water partition coefficient (Wildman–Crippen LogP) is 0.167. The normalized spacial score (nSPS) is 22.0. The van der Waals surface area contributed by atoms with E-state index >= 15 is 0 Å². The summed E-state index contributed by atoms with van der Waals surface area (Å²) in [5.74, 6) is 0.241. The van der Waals surface area contributed by atoms with Crippen LogP contribution in [0.5, 0.6) is 0 Å². The number of carbonyl (C=O) groups is 2. The van der Waals surface area contributed by atoms with Crippen LogP contribution in [0, 0.1) is 5.92 Å². The lowest BCUT2D eigenvalue weighted by Crippen LogP contribution is -2.41. The minimum absolute atomic E-state index is 0.0141. The molecule has 6 heteroatoms. The molecule has 1 saturated carbocycles. The Balaban J connectivity index is 1.67.